The van der Waals surface area contributed by atoms with Gasteiger partial charge in [-0.1, -0.05) is 12.1 Å². The first-order valence-electron chi connectivity index (χ1n) is 5.86. The monoisotopic (exact) mass is 239 g/mol. The molecule has 4 heteroatoms. The second-order valence-electron chi connectivity index (χ2n) is 3.57. The second-order valence-corrected chi connectivity index (χ2v) is 3.57. The average Bonchev–Trinajstić information content (AvgIpc) is 2.36. The van der Waals surface area contributed by atoms with E-state index in [9.17, 15) is 0 Å². The van der Waals surface area contributed by atoms with E-state index in [1.54, 1.807) is 7.11 Å². The van der Waals surface area contributed by atoms with Crippen LogP contribution in [0.2, 0.25) is 0 Å². The van der Waals surface area contributed by atoms with Crippen LogP contribution in [0.15, 0.2) is 24.3 Å². The molecular weight excluding hydrogens is 218 g/mol. The minimum atomic E-state index is 0.303. The number of ether oxygens (including phenoxy) is 3. The van der Waals surface area contributed by atoms with Crippen LogP contribution in [0.3, 0.4) is 0 Å². The molecule has 0 spiro atoms. The molecule has 0 aliphatic heterocycles. The Balaban J connectivity index is 2.31. The van der Waals surface area contributed by atoms with Crippen LogP contribution in [0.5, 0.6) is 5.75 Å². The van der Waals surface area contributed by atoms with Crippen molar-refractivity contribution in [2.75, 3.05) is 33.7 Å². The summed E-state index contributed by atoms with van der Waals surface area (Å²) >= 11 is 0. The summed E-state index contributed by atoms with van der Waals surface area (Å²) in [7, 11) is 1.70. The Hall–Kier alpha value is -1.10. The van der Waals surface area contributed by atoms with Crippen molar-refractivity contribution in [3.63, 3.8) is 0 Å². The van der Waals surface area contributed by atoms with Gasteiger partial charge in [0.15, 0.2) is 6.79 Å². The van der Waals surface area contributed by atoms with Gasteiger partial charge in [0.1, 0.15) is 5.75 Å². The molecule has 0 heterocycles. The minimum absolute atomic E-state index is 0.303. The summed E-state index contributed by atoms with van der Waals surface area (Å²) in [5.41, 5.74) is 1.19. The standard InChI is InChI=1S/C13H21NO3/c1-3-16-11-17-13-6-4-5-12(9-13)10-14-7-8-15-2/h4-6,9,14H,3,7-8,10-11H2,1-2H3. The topological polar surface area (TPSA) is 39.7 Å². The third-order valence-electron chi connectivity index (χ3n) is 2.22. The Kier molecular flexibility index (Phi) is 7.38. The summed E-state index contributed by atoms with van der Waals surface area (Å²) in [6, 6.07) is 7.98. The number of nitrogens with one attached hydrogen (secondary N) is 1. The Morgan fingerprint density at radius 3 is 2.94 bits per heavy atom. The smallest absolute Gasteiger partial charge is 0.189 e. The summed E-state index contributed by atoms with van der Waals surface area (Å²) in [4.78, 5) is 0. The van der Waals surface area contributed by atoms with Gasteiger partial charge in [-0.15, -0.1) is 0 Å². The highest BCUT2D eigenvalue weighted by Crippen LogP contribution is 2.13. The number of hydrogen-bond donors (Lipinski definition) is 1. The van der Waals surface area contributed by atoms with Crippen molar-refractivity contribution in [1.29, 1.82) is 0 Å². The highest BCUT2D eigenvalue weighted by Gasteiger charge is 1.96. The van der Waals surface area contributed by atoms with Crippen LogP contribution >= 0.6 is 0 Å². The van der Waals surface area contributed by atoms with Crippen molar-refractivity contribution in [3.05, 3.63) is 29.8 Å². The fourth-order valence-corrected chi connectivity index (χ4v) is 1.35. The molecule has 0 unspecified atom stereocenters. The maximum absolute atomic E-state index is 5.44. The van der Waals surface area contributed by atoms with Gasteiger partial charge >= 0.3 is 0 Å². The molecule has 0 atom stereocenters. The largest absolute Gasteiger partial charge is 0.468 e. The van der Waals surface area contributed by atoms with Crippen LogP contribution in [0, 0.1) is 0 Å². The van der Waals surface area contributed by atoms with Crippen molar-refractivity contribution in [2.45, 2.75) is 13.5 Å². The number of benzene rings is 1. The van der Waals surface area contributed by atoms with Gasteiger partial charge in [-0.2, -0.15) is 0 Å². The summed E-state index contributed by atoms with van der Waals surface area (Å²) in [5.74, 6) is 0.837. The lowest BCUT2D eigenvalue weighted by molar-refractivity contribution is 0.0224. The van der Waals surface area contributed by atoms with Gasteiger partial charge in [0.05, 0.1) is 6.61 Å². The quantitative estimate of drug-likeness (QED) is 0.527. The lowest BCUT2D eigenvalue weighted by atomic mass is 10.2. The van der Waals surface area contributed by atoms with Crippen LogP contribution in [0.4, 0.5) is 0 Å². The van der Waals surface area contributed by atoms with Gasteiger partial charge in [-0.25, -0.2) is 0 Å². The molecular formula is C13H21NO3. The summed E-state index contributed by atoms with van der Waals surface area (Å²) in [6.45, 7) is 5.30. The number of methoxy groups -OCH3 is 1. The lowest BCUT2D eigenvalue weighted by Crippen LogP contribution is -2.18. The molecule has 0 aliphatic carbocycles. The van der Waals surface area contributed by atoms with Crippen LogP contribution in [0.25, 0.3) is 0 Å². The van der Waals surface area contributed by atoms with E-state index in [2.05, 4.69) is 11.4 Å². The van der Waals surface area contributed by atoms with Crippen molar-refractivity contribution in [2.24, 2.45) is 0 Å². The van der Waals surface area contributed by atoms with E-state index < -0.39 is 0 Å². The van der Waals surface area contributed by atoms with E-state index >= 15 is 0 Å². The molecule has 96 valence electrons. The van der Waals surface area contributed by atoms with Crippen LogP contribution in [-0.2, 0) is 16.0 Å². The lowest BCUT2D eigenvalue weighted by Gasteiger charge is -2.08. The normalized spacial score (nSPS) is 10.5. The Morgan fingerprint density at radius 2 is 2.18 bits per heavy atom. The number of rotatable bonds is 9. The third-order valence-corrected chi connectivity index (χ3v) is 2.22. The Morgan fingerprint density at radius 1 is 1.29 bits per heavy atom. The van der Waals surface area contributed by atoms with Crippen molar-refractivity contribution < 1.29 is 14.2 Å². The summed E-state index contributed by atoms with van der Waals surface area (Å²) in [6.07, 6.45) is 0. The summed E-state index contributed by atoms with van der Waals surface area (Å²) in [5, 5.41) is 3.29. The fourth-order valence-electron chi connectivity index (χ4n) is 1.35. The van der Waals surface area contributed by atoms with E-state index in [0.29, 0.717) is 13.4 Å². The highest BCUT2D eigenvalue weighted by atomic mass is 16.7. The molecule has 4 nitrogen and oxygen atoms in total. The third kappa shape index (κ3) is 6.26. The fraction of sp³-hybridized carbons (Fsp3) is 0.538. The SMILES string of the molecule is CCOCOc1cccc(CNCCOC)c1. The van der Waals surface area contributed by atoms with Crippen LogP contribution in [-0.4, -0.2) is 33.7 Å². The molecule has 0 saturated carbocycles. The predicted molar refractivity (Wildman–Crippen MR) is 67.1 cm³/mol. The second kappa shape index (κ2) is 8.98. The minimum Gasteiger partial charge on any atom is -0.468 e. The first kappa shape index (κ1) is 14.0. The number of hydrogen-bond acceptors (Lipinski definition) is 4. The molecule has 1 rings (SSSR count). The molecule has 0 bridgehead atoms. The first-order chi connectivity index (χ1) is 8.36. The van der Waals surface area contributed by atoms with E-state index in [0.717, 1.165) is 25.4 Å². The molecule has 0 aliphatic rings. The summed E-state index contributed by atoms with van der Waals surface area (Å²) < 4.78 is 15.5. The van der Waals surface area contributed by atoms with Gasteiger partial charge < -0.3 is 19.5 Å². The molecule has 1 N–H and O–H groups in total. The molecule has 0 fully saturated rings. The van der Waals surface area contributed by atoms with E-state index in [-0.39, 0.29) is 0 Å². The maximum Gasteiger partial charge on any atom is 0.189 e. The highest BCUT2D eigenvalue weighted by molar-refractivity contribution is 5.28. The van der Waals surface area contributed by atoms with Gasteiger partial charge in [0.25, 0.3) is 0 Å². The molecule has 17 heavy (non-hydrogen) atoms. The van der Waals surface area contributed by atoms with E-state index in [1.807, 2.05) is 25.1 Å². The van der Waals surface area contributed by atoms with Gasteiger partial charge in [0, 0.05) is 26.8 Å². The first-order valence-corrected chi connectivity index (χ1v) is 5.86. The predicted octanol–water partition coefficient (Wildman–Crippen LogP) is 1.80. The maximum atomic E-state index is 5.44. The molecule has 0 aromatic heterocycles. The van der Waals surface area contributed by atoms with Crippen molar-refractivity contribution in [3.8, 4) is 5.75 Å². The zero-order chi connectivity index (χ0) is 12.3. The van der Waals surface area contributed by atoms with Gasteiger partial charge in [-0.05, 0) is 24.6 Å². The molecule has 0 radical (unpaired) electrons. The van der Waals surface area contributed by atoms with E-state index in [1.165, 1.54) is 5.56 Å². The average molecular weight is 239 g/mol. The molecule has 1 aromatic rings. The zero-order valence-electron chi connectivity index (χ0n) is 10.6. The Bertz CT molecular complexity index is 304. The zero-order valence-corrected chi connectivity index (χ0v) is 10.6. The molecule has 0 saturated heterocycles. The van der Waals surface area contributed by atoms with Crippen LogP contribution in [0.1, 0.15) is 12.5 Å². The van der Waals surface area contributed by atoms with Crippen molar-refractivity contribution in [1.82, 2.24) is 5.32 Å². The van der Waals surface area contributed by atoms with Gasteiger partial charge in [0.2, 0.25) is 0 Å². The van der Waals surface area contributed by atoms with Gasteiger partial charge in [-0.3, -0.25) is 0 Å². The Labute approximate surface area is 103 Å². The van der Waals surface area contributed by atoms with Crippen molar-refractivity contribution >= 4 is 0 Å². The van der Waals surface area contributed by atoms with E-state index in [4.69, 9.17) is 14.2 Å². The molecule has 0 amide bonds. The van der Waals surface area contributed by atoms with Crippen LogP contribution < -0.4 is 10.1 Å². The molecule has 1 aromatic carbocycles.